The maximum absolute atomic E-state index is 6.15. The lowest BCUT2D eigenvalue weighted by atomic mass is 9.79. The molecule has 3 N–H and O–H groups in total. The van der Waals surface area contributed by atoms with Crippen LogP contribution in [0.5, 0.6) is 0 Å². The molecule has 1 aromatic carbocycles. The summed E-state index contributed by atoms with van der Waals surface area (Å²) in [5, 5.41) is 0. The summed E-state index contributed by atoms with van der Waals surface area (Å²) in [5.41, 5.74) is 5.96. The molecule has 1 aromatic rings. The summed E-state index contributed by atoms with van der Waals surface area (Å²) in [6, 6.07) is 9.13. The summed E-state index contributed by atoms with van der Waals surface area (Å²) >= 11 is 0. The number of ether oxygens (including phenoxy) is 1. The molecule has 2 unspecified atom stereocenters. The molecule has 2 atom stereocenters. The van der Waals surface area contributed by atoms with E-state index < -0.39 is 0 Å². The Morgan fingerprint density at radius 3 is 2.90 bits per heavy atom. The van der Waals surface area contributed by atoms with Crippen LogP contribution in [0.3, 0.4) is 0 Å². The van der Waals surface area contributed by atoms with Crippen LogP contribution in [0.4, 0.5) is 0 Å². The molecule has 3 rings (SSSR count). The standard InChI is InChI=1S/C18H28N2O/c1-14-5-4-6-15(11-14)12-17(20-19)16-7-10-21-18(13-16)8-2-3-9-18/h4-6,11,16-17,20H,2-3,7-10,12-13,19H2,1H3. The Morgan fingerprint density at radius 2 is 2.19 bits per heavy atom. The molecule has 0 bridgehead atoms. The van der Waals surface area contributed by atoms with Crippen LogP contribution in [0.1, 0.15) is 49.7 Å². The predicted octanol–water partition coefficient (Wildman–Crippen LogP) is 3.11. The largest absolute Gasteiger partial charge is 0.375 e. The van der Waals surface area contributed by atoms with Gasteiger partial charge in [-0.15, -0.1) is 0 Å². The van der Waals surface area contributed by atoms with Gasteiger partial charge in [-0.25, -0.2) is 0 Å². The van der Waals surface area contributed by atoms with E-state index in [1.54, 1.807) is 0 Å². The summed E-state index contributed by atoms with van der Waals surface area (Å²) in [6.45, 7) is 3.05. The fraction of sp³-hybridized carbons (Fsp3) is 0.667. The maximum atomic E-state index is 6.15. The monoisotopic (exact) mass is 288 g/mol. The van der Waals surface area contributed by atoms with Gasteiger partial charge >= 0.3 is 0 Å². The van der Waals surface area contributed by atoms with Crippen LogP contribution in [0.2, 0.25) is 0 Å². The summed E-state index contributed by atoms with van der Waals surface area (Å²) in [7, 11) is 0. The Morgan fingerprint density at radius 1 is 1.38 bits per heavy atom. The summed E-state index contributed by atoms with van der Waals surface area (Å²) in [6.07, 6.45) is 8.45. The second-order valence-electron chi connectivity index (χ2n) is 6.96. The number of nitrogens with two attached hydrogens (primary N) is 1. The SMILES string of the molecule is Cc1cccc(CC(NN)C2CCOC3(CCCC3)C2)c1. The van der Waals surface area contributed by atoms with Gasteiger partial charge in [-0.3, -0.25) is 11.3 Å². The highest BCUT2D eigenvalue weighted by molar-refractivity contribution is 5.23. The van der Waals surface area contributed by atoms with Crippen molar-refractivity contribution in [2.45, 2.75) is 63.5 Å². The maximum Gasteiger partial charge on any atom is 0.0685 e. The van der Waals surface area contributed by atoms with Crippen molar-refractivity contribution < 1.29 is 4.74 Å². The van der Waals surface area contributed by atoms with Crippen LogP contribution in [0.25, 0.3) is 0 Å². The molecular weight excluding hydrogens is 260 g/mol. The van der Waals surface area contributed by atoms with Gasteiger partial charge in [-0.05, 0) is 50.5 Å². The van der Waals surface area contributed by atoms with Crippen LogP contribution >= 0.6 is 0 Å². The fourth-order valence-electron chi connectivity index (χ4n) is 4.23. The van der Waals surface area contributed by atoms with Crippen LogP contribution in [0, 0.1) is 12.8 Å². The predicted molar refractivity (Wildman–Crippen MR) is 85.9 cm³/mol. The molecule has 21 heavy (non-hydrogen) atoms. The Balaban J connectivity index is 1.67. The summed E-state index contributed by atoms with van der Waals surface area (Å²) < 4.78 is 6.15. The minimum Gasteiger partial charge on any atom is -0.375 e. The molecule has 0 aromatic heterocycles. The summed E-state index contributed by atoms with van der Waals surface area (Å²) in [4.78, 5) is 0. The zero-order valence-corrected chi connectivity index (χ0v) is 13.1. The molecule has 1 spiro atoms. The topological polar surface area (TPSA) is 47.3 Å². The van der Waals surface area contributed by atoms with Gasteiger partial charge in [0, 0.05) is 12.6 Å². The van der Waals surface area contributed by atoms with Crippen molar-refractivity contribution in [2.24, 2.45) is 11.8 Å². The van der Waals surface area contributed by atoms with Crippen LogP contribution in [0.15, 0.2) is 24.3 Å². The van der Waals surface area contributed by atoms with Gasteiger partial charge < -0.3 is 4.74 Å². The van der Waals surface area contributed by atoms with E-state index in [-0.39, 0.29) is 5.60 Å². The van der Waals surface area contributed by atoms with Gasteiger partial charge in [-0.2, -0.15) is 0 Å². The van der Waals surface area contributed by atoms with E-state index in [1.165, 1.54) is 43.2 Å². The number of aryl methyl sites for hydroxylation is 1. The smallest absolute Gasteiger partial charge is 0.0685 e. The Labute approximate surface area is 128 Å². The number of hydrazine groups is 1. The molecular formula is C18H28N2O. The Bertz CT molecular complexity index is 468. The highest BCUT2D eigenvalue weighted by atomic mass is 16.5. The van der Waals surface area contributed by atoms with Gasteiger partial charge in [0.25, 0.3) is 0 Å². The Kier molecular flexibility index (Phi) is 4.63. The second-order valence-corrected chi connectivity index (χ2v) is 6.96. The first-order valence-electron chi connectivity index (χ1n) is 8.36. The van der Waals surface area contributed by atoms with E-state index in [4.69, 9.17) is 10.6 Å². The van der Waals surface area contributed by atoms with Gasteiger partial charge in [-0.1, -0.05) is 42.7 Å². The average molecular weight is 288 g/mol. The number of benzene rings is 1. The van der Waals surface area contributed by atoms with Crippen LogP contribution in [-0.2, 0) is 11.2 Å². The number of hydrogen-bond acceptors (Lipinski definition) is 3. The molecule has 0 radical (unpaired) electrons. The van der Waals surface area contributed by atoms with E-state index >= 15 is 0 Å². The first kappa shape index (κ1) is 15.0. The van der Waals surface area contributed by atoms with Gasteiger partial charge in [0.1, 0.15) is 0 Å². The average Bonchev–Trinajstić information content (AvgIpc) is 2.92. The molecule has 1 aliphatic heterocycles. The molecule has 2 fully saturated rings. The molecule has 1 saturated heterocycles. The third-order valence-electron chi connectivity index (χ3n) is 5.37. The van der Waals surface area contributed by atoms with E-state index in [9.17, 15) is 0 Å². The lowest BCUT2D eigenvalue weighted by molar-refractivity contribution is -0.0978. The quantitative estimate of drug-likeness (QED) is 0.661. The van der Waals surface area contributed by atoms with Gasteiger partial charge in [0.2, 0.25) is 0 Å². The Hall–Kier alpha value is -0.900. The zero-order valence-electron chi connectivity index (χ0n) is 13.1. The van der Waals surface area contributed by atoms with Crippen molar-refractivity contribution in [2.75, 3.05) is 6.61 Å². The molecule has 0 amide bonds. The highest BCUT2D eigenvalue weighted by Crippen LogP contribution is 2.43. The first-order valence-corrected chi connectivity index (χ1v) is 8.36. The minimum absolute atomic E-state index is 0.171. The van der Waals surface area contributed by atoms with E-state index in [2.05, 4.69) is 36.6 Å². The van der Waals surface area contributed by atoms with E-state index in [0.717, 1.165) is 19.4 Å². The molecule has 3 nitrogen and oxygen atoms in total. The van der Waals surface area contributed by atoms with Crippen molar-refractivity contribution >= 4 is 0 Å². The van der Waals surface area contributed by atoms with Crippen molar-refractivity contribution in [3.8, 4) is 0 Å². The molecule has 1 heterocycles. The van der Waals surface area contributed by atoms with E-state index in [0.29, 0.717) is 12.0 Å². The minimum atomic E-state index is 0.171. The van der Waals surface area contributed by atoms with Crippen LogP contribution in [-0.4, -0.2) is 18.2 Å². The third kappa shape index (κ3) is 3.47. The molecule has 116 valence electrons. The lowest BCUT2D eigenvalue weighted by Gasteiger charge is -2.41. The highest BCUT2D eigenvalue weighted by Gasteiger charge is 2.41. The van der Waals surface area contributed by atoms with Crippen molar-refractivity contribution in [1.82, 2.24) is 5.43 Å². The molecule has 1 aliphatic carbocycles. The zero-order chi connectivity index (χ0) is 14.7. The van der Waals surface area contributed by atoms with Gasteiger partial charge in [0.05, 0.1) is 5.60 Å². The third-order valence-corrected chi connectivity index (χ3v) is 5.37. The molecule has 2 aliphatic rings. The van der Waals surface area contributed by atoms with Crippen molar-refractivity contribution in [3.63, 3.8) is 0 Å². The lowest BCUT2D eigenvalue weighted by Crippen LogP contribution is -2.48. The normalized spacial score (nSPS) is 26.1. The van der Waals surface area contributed by atoms with Crippen molar-refractivity contribution in [1.29, 1.82) is 0 Å². The number of rotatable bonds is 4. The van der Waals surface area contributed by atoms with Crippen LogP contribution < -0.4 is 11.3 Å². The first-order chi connectivity index (χ1) is 10.2. The fourth-order valence-corrected chi connectivity index (χ4v) is 4.23. The van der Waals surface area contributed by atoms with Gasteiger partial charge in [0.15, 0.2) is 0 Å². The van der Waals surface area contributed by atoms with E-state index in [1.807, 2.05) is 0 Å². The molecule has 3 heteroatoms. The summed E-state index contributed by atoms with van der Waals surface area (Å²) in [5.74, 6) is 6.51. The van der Waals surface area contributed by atoms with Crippen molar-refractivity contribution in [3.05, 3.63) is 35.4 Å². The number of hydrogen-bond donors (Lipinski definition) is 2. The second kappa shape index (κ2) is 6.47. The number of nitrogens with one attached hydrogen (secondary N) is 1. The molecule has 1 saturated carbocycles.